The topological polar surface area (TPSA) is 72.8 Å². The largest absolute Gasteiger partial charge is 0.432 e. The smallest absolute Gasteiger partial charge is 0.316 e. The number of aliphatic hydroxyl groups excluding tert-OH is 1. The van der Waals surface area contributed by atoms with Crippen LogP contribution in [0.5, 0.6) is 0 Å². The third-order valence-electron chi connectivity index (χ3n) is 1.17. The number of carbonyl (C=O) groups is 2. The van der Waals surface area contributed by atoms with Crippen molar-refractivity contribution in [2.75, 3.05) is 0 Å². The first-order chi connectivity index (χ1) is 5.58. The first-order valence-electron chi connectivity index (χ1n) is 3.34. The van der Waals surface area contributed by atoms with Crippen LogP contribution >= 0.6 is 0 Å². The second-order valence-electron chi connectivity index (χ2n) is 2.28. The molecule has 0 fully saturated rings. The number of esters is 2. The molecule has 0 spiro atoms. The van der Waals surface area contributed by atoms with Gasteiger partial charge in [-0.3, -0.25) is 9.59 Å². The average molecular weight is 172 g/mol. The fraction of sp³-hybridized carbons (Fsp3) is 0.429. The van der Waals surface area contributed by atoms with Gasteiger partial charge < -0.3 is 14.6 Å². The maximum atomic E-state index is 10.7. The molecule has 0 aromatic heterocycles. The van der Waals surface area contributed by atoms with Gasteiger partial charge in [0.25, 0.3) is 0 Å². The summed E-state index contributed by atoms with van der Waals surface area (Å²) in [5.74, 6) is -1.00. The van der Waals surface area contributed by atoms with Gasteiger partial charge in [-0.1, -0.05) is 0 Å². The van der Waals surface area contributed by atoms with Crippen molar-refractivity contribution >= 4 is 11.9 Å². The Morgan fingerprint density at radius 2 is 2.50 bits per heavy atom. The lowest BCUT2D eigenvalue weighted by atomic mass is 10.3. The van der Waals surface area contributed by atoms with Gasteiger partial charge in [0.1, 0.15) is 12.2 Å². The molecule has 1 N–H and O–H groups in total. The van der Waals surface area contributed by atoms with Crippen molar-refractivity contribution < 1.29 is 24.2 Å². The molecule has 1 rings (SSSR count). The Kier molecular flexibility index (Phi) is 2.44. The summed E-state index contributed by atoms with van der Waals surface area (Å²) in [6, 6.07) is 0. The van der Waals surface area contributed by atoms with Crippen molar-refractivity contribution in [3.05, 3.63) is 11.8 Å². The van der Waals surface area contributed by atoms with Gasteiger partial charge in [0.05, 0.1) is 0 Å². The van der Waals surface area contributed by atoms with E-state index < -0.39 is 18.2 Å². The first-order valence-corrected chi connectivity index (χ1v) is 3.34. The van der Waals surface area contributed by atoms with Crippen LogP contribution in [0.2, 0.25) is 0 Å². The Labute approximate surface area is 68.6 Å². The lowest BCUT2D eigenvalue weighted by molar-refractivity contribution is -0.164. The van der Waals surface area contributed by atoms with Gasteiger partial charge in [-0.2, -0.15) is 0 Å². The van der Waals surface area contributed by atoms with Crippen molar-refractivity contribution in [2.45, 2.75) is 19.6 Å². The fourth-order valence-electron chi connectivity index (χ4n) is 0.825. The molecule has 0 aliphatic carbocycles. The molecule has 0 amide bonds. The Morgan fingerprint density at radius 3 is 3.00 bits per heavy atom. The lowest BCUT2D eigenvalue weighted by Gasteiger charge is -2.16. The molecule has 66 valence electrons. The standard InChI is InChI=1S/C7H8O5/c1-4(8)11-5-2-6(9)12-7(10)3-5/h2,6,9H,3H2,1H3. The summed E-state index contributed by atoms with van der Waals surface area (Å²) < 4.78 is 8.94. The minimum atomic E-state index is -1.31. The van der Waals surface area contributed by atoms with E-state index in [0.29, 0.717) is 0 Å². The van der Waals surface area contributed by atoms with Crippen LogP contribution in [-0.4, -0.2) is 23.3 Å². The molecule has 5 nitrogen and oxygen atoms in total. The lowest BCUT2D eigenvalue weighted by Crippen LogP contribution is -2.22. The highest BCUT2D eigenvalue weighted by Gasteiger charge is 2.20. The van der Waals surface area contributed by atoms with Crippen molar-refractivity contribution in [2.24, 2.45) is 0 Å². The van der Waals surface area contributed by atoms with Crippen LogP contribution in [-0.2, 0) is 19.1 Å². The van der Waals surface area contributed by atoms with Gasteiger partial charge in [0.15, 0.2) is 0 Å². The summed E-state index contributed by atoms with van der Waals surface area (Å²) in [5, 5.41) is 8.85. The highest BCUT2D eigenvalue weighted by molar-refractivity contribution is 5.75. The van der Waals surface area contributed by atoms with Crippen molar-refractivity contribution in [3.63, 3.8) is 0 Å². The number of hydrogen-bond donors (Lipinski definition) is 1. The minimum Gasteiger partial charge on any atom is -0.432 e. The summed E-state index contributed by atoms with van der Waals surface area (Å²) in [6.07, 6.45) is -0.250. The zero-order chi connectivity index (χ0) is 9.14. The third-order valence-corrected chi connectivity index (χ3v) is 1.17. The van der Waals surface area contributed by atoms with Gasteiger partial charge in [0.2, 0.25) is 6.29 Å². The monoisotopic (exact) mass is 172 g/mol. The third kappa shape index (κ3) is 2.35. The van der Waals surface area contributed by atoms with Gasteiger partial charge >= 0.3 is 11.9 Å². The van der Waals surface area contributed by atoms with Crippen LogP contribution in [0.1, 0.15) is 13.3 Å². The van der Waals surface area contributed by atoms with Crippen molar-refractivity contribution in [3.8, 4) is 0 Å². The average Bonchev–Trinajstić information content (AvgIpc) is 1.81. The maximum absolute atomic E-state index is 10.7. The molecule has 0 saturated heterocycles. The summed E-state index contributed by atoms with van der Waals surface area (Å²) in [5.41, 5.74) is 0. The Morgan fingerprint density at radius 1 is 1.83 bits per heavy atom. The molecular weight excluding hydrogens is 164 g/mol. The molecule has 1 aliphatic rings. The molecule has 0 aromatic rings. The predicted molar refractivity (Wildman–Crippen MR) is 36.6 cm³/mol. The van der Waals surface area contributed by atoms with Crippen LogP contribution in [0.4, 0.5) is 0 Å². The van der Waals surface area contributed by atoms with Crippen LogP contribution < -0.4 is 0 Å². The zero-order valence-electron chi connectivity index (χ0n) is 6.44. The van der Waals surface area contributed by atoms with Gasteiger partial charge in [-0.15, -0.1) is 0 Å². The normalized spacial score (nSPS) is 22.7. The van der Waals surface area contributed by atoms with E-state index in [1.807, 2.05) is 0 Å². The number of carbonyl (C=O) groups excluding carboxylic acids is 2. The number of aliphatic hydroxyl groups is 1. The Hall–Kier alpha value is -1.36. The number of ether oxygens (including phenoxy) is 2. The van der Waals surface area contributed by atoms with Gasteiger partial charge in [0, 0.05) is 13.0 Å². The summed E-state index contributed by atoms with van der Waals surface area (Å²) in [4.78, 5) is 21.1. The summed E-state index contributed by atoms with van der Waals surface area (Å²) in [6.45, 7) is 1.22. The minimum absolute atomic E-state index is 0.114. The highest BCUT2D eigenvalue weighted by Crippen LogP contribution is 2.13. The van der Waals surface area contributed by atoms with Crippen LogP contribution in [0.15, 0.2) is 11.8 Å². The van der Waals surface area contributed by atoms with Crippen LogP contribution in [0.3, 0.4) is 0 Å². The molecule has 1 heterocycles. The van der Waals surface area contributed by atoms with E-state index in [9.17, 15) is 9.59 Å². The molecular formula is C7H8O5. The molecule has 1 atom stereocenters. The Balaban J connectivity index is 2.63. The summed E-state index contributed by atoms with van der Waals surface area (Å²) in [7, 11) is 0. The Bertz CT molecular complexity index is 242. The zero-order valence-corrected chi connectivity index (χ0v) is 6.44. The molecule has 1 aliphatic heterocycles. The van der Waals surface area contributed by atoms with E-state index in [0.717, 1.165) is 0 Å². The quantitative estimate of drug-likeness (QED) is 0.549. The molecule has 0 saturated carbocycles. The molecule has 12 heavy (non-hydrogen) atoms. The second-order valence-corrected chi connectivity index (χ2v) is 2.28. The van der Waals surface area contributed by atoms with Gasteiger partial charge in [-0.05, 0) is 0 Å². The van der Waals surface area contributed by atoms with Crippen LogP contribution in [0.25, 0.3) is 0 Å². The van der Waals surface area contributed by atoms with E-state index in [1.165, 1.54) is 13.0 Å². The van der Waals surface area contributed by atoms with Crippen LogP contribution in [0, 0.1) is 0 Å². The number of hydrogen-bond acceptors (Lipinski definition) is 5. The first kappa shape index (κ1) is 8.73. The molecule has 1 unspecified atom stereocenters. The van der Waals surface area contributed by atoms with E-state index in [1.54, 1.807) is 0 Å². The molecule has 0 bridgehead atoms. The molecule has 5 heteroatoms. The van der Waals surface area contributed by atoms with E-state index >= 15 is 0 Å². The summed E-state index contributed by atoms with van der Waals surface area (Å²) >= 11 is 0. The highest BCUT2D eigenvalue weighted by atomic mass is 16.6. The predicted octanol–water partition coefficient (Wildman–Crippen LogP) is -0.301. The fourth-order valence-corrected chi connectivity index (χ4v) is 0.825. The van der Waals surface area contributed by atoms with E-state index in [-0.39, 0.29) is 12.2 Å². The maximum Gasteiger partial charge on any atom is 0.316 e. The van der Waals surface area contributed by atoms with Gasteiger partial charge in [-0.25, -0.2) is 0 Å². The number of cyclic esters (lactones) is 1. The van der Waals surface area contributed by atoms with E-state index in [4.69, 9.17) is 5.11 Å². The SMILES string of the molecule is CC(=O)OC1=CC(O)OC(=O)C1. The van der Waals surface area contributed by atoms with Crippen molar-refractivity contribution in [1.29, 1.82) is 0 Å². The molecule has 0 radical (unpaired) electrons. The van der Waals surface area contributed by atoms with Crippen molar-refractivity contribution in [1.82, 2.24) is 0 Å². The van der Waals surface area contributed by atoms with E-state index in [2.05, 4.69) is 9.47 Å². The molecule has 0 aromatic carbocycles. The second kappa shape index (κ2) is 3.36. The number of rotatable bonds is 1.